The standard InChI is InChI=1S/C20H15F3N4O3/c21-20(22,23)14-5-4-12-10-27(11-13(12)9-14)16(28)6-7-19(15-3-1-2-8-24-15)17(29)25-18(30)26-19/h1-5,8-11H,6-7H2,(H2,25,26,29,30). The minimum atomic E-state index is -4.48. The van der Waals surface area contributed by atoms with Crippen molar-refractivity contribution in [1.82, 2.24) is 20.2 Å². The second-order valence-corrected chi connectivity index (χ2v) is 6.93. The largest absolute Gasteiger partial charge is 0.416 e. The molecular formula is C20H15F3N4O3. The van der Waals surface area contributed by atoms with Crippen LogP contribution in [0.25, 0.3) is 10.8 Å². The summed E-state index contributed by atoms with van der Waals surface area (Å²) in [7, 11) is 0. The van der Waals surface area contributed by atoms with E-state index in [-0.39, 0.29) is 23.9 Å². The Morgan fingerprint density at radius 1 is 1.10 bits per heavy atom. The zero-order chi connectivity index (χ0) is 21.5. The van der Waals surface area contributed by atoms with Crippen molar-refractivity contribution in [2.75, 3.05) is 0 Å². The predicted molar refractivity (Wildman–Crippen MR) is 99.4 cm³/mol. The first kappa shape index (κ1) is 19.6. The van der Waals surface area contributed by atoms with Crippen molar-refractivity contribution in [3.8, 4) is 0 Å². The van der Waals surface area contributed by atoms with Crippen LogP contribution in [0.4, 0.5) is 18.0 Å². The number of nitrogens with one attached hydrogen (secondary N) is 2. The Hall–Kier alpha value is -3.69. The number of nitrogens with zero attached hydrogens (tertiary/aromatic N) is 2. The van der Waals surface area contributed by atoms with Crippen molar-refractivity contribution in [2.45, 2.75) is 24.6 Å². The van der Waals surface area contributed by atoms with Crippen LogP contribution >= 0.6 is 0 Å². The fourth-order valence-corrected chi connectivity index (χ4v) is 3.48. The number of urea groups is 1. The number of halogens is 3. The van der Waals surface area contributed by atoms with Gasteiger partial charge in [-0.15, -0.1) is 0 Å². The highest BCUT2D eigenvalue weighted by molar-refractivity contribution is 6.07. The Kier molecular flexibility index (Phi) is 4.56. The van der Waals surface area contributed by atoms with Crippen LogP contribution in [0.1, 0.15) is 28.9 Å². The lowest BCUT2D eigenvalue weighted by Crippen LogP contribution is -2.45. The van der Waals surface area contributed by atoms with Gasteiger partial charge in [0.1, 0.15) is 0 Å². The number of carbonyl (C=O) groups is 3. The molecular weight excluding hydrogens is 401 g/mol. The Morgan fingerprint density at radius 2 is 1.87 bits per heavy atom. The van der Waals surface area contributed by atoms with E-state index in [4.69, 9.17) is 0 Å². The van der Waals surface area contributed by atoms with Crippen LogP contribution in [0.5, 0.6) is 0 Å². The molecule has 2 N–H and O–H groups in total. The summed E-state index contributed by atoms with van der Waals surface area (Å²) >= 11 is 0. The lowest BCUT2D eigenvalue weighted by atomic mass is 9.89. The van der Waals surface area contributed by atoms with Gasteiger partial charge in [-0.25, -0.2) is 4.79 Å². The lowest BCUT2D eigenvalue weighted by Gasteiger charge is -2.25. The molecule has 7 nitrogen and oxygen atoms in total. The number of pyridine rings is 1. The first-order valence-corrected chi connectivity index (χ1v) is 8.96. The van der Waals surface area contributed by atoms with Crippen LogP contribution in [-0.2, 0) is 16.5 Å². The number of carbonyl (C=O) groups excluding carboxylic acids is 3. The second kappa shape index (κ2) is 6.97. The van der Waals surface area contributed by atoms with E-state index in [1.54, 1.807) is 18.2 Å². The quantitative estimate of drug-likeness (QED) is 0.639. The minimum Gasteiger partial charge on any atom is -0.318 e. The van der Waals surface area contributed by atoms with Gasteiger partial charge in [-0.05, 0) is 36.1 Å². The van der Waals surface area contributed by atoms with Crippen LogP contribution in [0.15, 0.2) is 55.0 Å². The monoisotopic (exact) mass is 416 g/mol. The average molecular weight is 416 g/mol. The highest BCUT2D eigenvalue weighted by atomic mass is 19.4. The van der Waals surface area contributed by atoms with Gasteiger partial charge in [-0.2, -0.15) is 13.2 Å². The summed E-state index contributed by atoms with van der Waals surface area (Å²) in [5, 5.41) is 5.44. The lowest BCUT2D eigenvalue weighted by molar-refractivity contribution is -0.137. The zero-order valence-corrected chi connectivity index (χ0v) is 15.4. The molecule has 1 unspecified atom stereocenters. The van der Waals surface area contributed by atoms with Gasteiger partial charge in [0.05, 0.1) is 11.3 Å². The third kappa shape index (κ3) is 3.40. The number of hydrogen-bond donors (Lipinski definition) is 2. The van der Waals surface area contributed by atoms with Crippen LogP contribution in [0.3, 0.4) is 0 Å². The zero-order valence-electron chi connectivity index (χ0n) is 15.4. The molecule has 1 atom stereocenters. The maximum absolute atomic E-state index is 12.9. The van der Waals surface area contributed by atoms with Crippen LogP contribution in [0, 0.1) is 0 Å². The molecule has 0 bridgehead atoms. The van der Waals surface area contributed by atoms with Crippen molar-refractivity contribution < 1.29 is 27.6 Å². The molecule has 3 heterocycles. The van der Waals surface area contributed by atoms with E-state index in [0.717, 1.165) is 12.1 Å². The Balaban J connectivity index is 1.59. The number of alkyl halides is 3. The van der Waals surface area contributed by atoms with Crippen LogP contribution in [-0.4, -0.2) is 27.4 Å². The number of aromatic nitrogens is 2. The van der Waals surface area contributed by atoms with Gasteiger partial charge in [0.15, 0.2) is 5.54 Å². The van der Waals surface area contributed by atoms with Gasteiger partial charge in [-0.3, -0.25) is 24.5 Å². The number of fused-ring (bicyclic) bond motifs is 1. The Labute approximate surface area is 167 Å². The van der Waals surface area contributed by atoms with Gasteiger partial charge in [0.25, 0.3) is 5.91 Å². The Bertz CT molecular complexity index is 1160. The summed E-state index contributed by atoms with van der Waals surface area (Å²) in [5.74, 6) is -1.06. The smallest absolute Gasteiger partial charge is 0.318 e. The molecule has 1 saturated heterocycles. The second-order valence-electron chi connectivity index (χ2n) is 6.93. The molecule has 1 fully saturated rings. The summed E-state index contributed by atoms with van der Waals surface area (Å²) in [6.45, 7) is 0. The molecule has 30 heavy (non-hydrogen) atoms. The number of amides is 3. The van der Waals surface area contributed by atoms with Crippen molar-refractivity contribution in [3.63, 3.8) is 0 Å². The molecule has 1 aliphatic rings. The third-order valence-corrected chi connectivity index (χ3v) is 5.02. The number of hydrogen-bond acceptors (Lipinski definition) is 4. The van der Waals surface area contributed by atoms with Crippen molar-refractivity contribution in [2.24, 2.45) is 0 Å². The summed E-state index contributed by atoms with van der Waals surface area (Å²) in [6, 6.07) is 7.40. The molecule has 4 rings (SSSR count). The summed E-state index contributed by atoms with van der Waals surface area (Å²) in [4.78, 5) is 41.0. The maximum Gasteiger partial charge on any atom is 0.416 e. The summed E-state index contributed by atoms with van der Waals surface area (Å²) in [6.07, 6.45) is -0.497. The topological polar surface area (TPSA) is 93.1 Å². The van der Waals surface area contributed by atoms with E-state index in [1.807, 2.05) is 0 Å². The van der Waals surface area contributed by atoms with Crippen molar-refractivity contribution in [3.05, 3.63) is 66.2 Å². The SMILES string of the molecule is O=C1NC(=O)C(CCC(=O)n2cc3ccc(C(F)(F)F)cc3c2)(c2ccccn2)N1. The van der Waals surface area contributed by atoms with Gasteiger partial charge < -0.3 is 5.32 Å². The Morgan fingerprint density at radius 3 is 2.50 bits per heavy atom. The number of benzene rings is 1. The molecule has 0 radical (unpaired) electrons. The van der Waals surface area contributed by atoms with E-state index in [1.165, 1.54) is 29.2 Å². The van der Waals surface area contributed by atoms with Gasteiger partial charge in [0.2, 0.25) is 5.91 Å². The first-order valence-electron chi connectivity index (χ1n) is 8.96. The molecule has 0 spiro atoms. The van der Waals surface area contributed by atoms with Crippen molar-refractivity contribution >= 4 is 28.6 Å². The highest BCUT2D eigenvalue weighted by Gasteiger charge is 2.48. The van der Waals surface area contributed by atoms with Gasteiger partial charge >= 0.3 is 12.2 Å². The molecule has 10 heteroatoms. The fraction of sp³-hybridized carbons (Fsp3) is 0.200. The molecule has 2 aromatic heterocycles. The normalized spacial score (nSPS) is 19.0. The van der Waals surface area contributed by atoms with Crippen LogP contribution < -0.4 is 10.6 Å². The van der Waals surface area contributed by atoms with E-state index < -0.39 is 35.1 Å². The number of rotatable bonds is 4. The minimum absolute atomic E-state index is 0.0667. The van der Waals surface area contributed by atoms with E-state index in [9.17, 15) is 27.6 Å². The third-order valence-electron chi connectivity index (χ3n) is 5.02. The molecule has 3 aromatic rings. The van der Waals surface area contributed by atoms with Crippen LogP contribution in [0.2, 0.25) is 0 Å². The predicted octanol–water partition coefficient (Wildman–Crippen LogP) is 3.21. The molecule has 0 saturated carbocycles. The molecule has 0 aliphatic carbocycles. The van der Waals surface area contributed by atoms with E-state index in [0.29, 0.717) is 5.39 Å². The van der Waals surface area contributed by atoms with Crippen molar-refractivity contribution in [1.29, 1.82) is 0 Å². The van der Waals surface area contributed by atoms with Gasteiger partial charge in [-0.1, -0.05) is 12.1 Å². The fourth-order valence-electron chi connectivity index (χ4n) is 3.48. The summed E-state index contributed by atoms with van der Waals surface area (Å²) in [5.41, 5.74) is -2.02. The summed E-state index contributed by atoms with van der Waals surface area (Å²) < 4.78 is 39.9. The van der Waals surface area contributed by atoms with E-state index in [2.05, 4.69) is 15.6 Å². The maximum atomic E-state index is 12.9. The first-order chi connectivity index (χ1) is 14.2. The molecule has 3 amide bonds. The van der Waals surface area contributed by atoms with E-state index >= 15 is 0 Å². The molecule has 1 aliphatic heterocycles. The molecule has 154 valence electrons. The number of imide groups is 1. The van der Waals surface area contributed by atoms with Gasteiger partial charge in [0, 0.05) is 30.4 Å². The average Bonchev–Trinajstić information content (AvgIpc) is 3.26. The highest BCUT2D eigenvalue weighted by Crippen LogP contribution is 2.32. The molecule has 1 aromatic carbocycles.